The summed E-state index contributed by atoms with van der Waals surface area (Å²) in [5.41, 5.74) is 7.24. The van der Waals surface area contributed by atoms with Gasteiger partial charge in [-0.1, -0.05) is 41.4 Å². The number of aliphatic hydroxyl groups excluding tert-OH is 1. The Morgan fingerprint density at radius 2 is 1.92 bits per heavy atom. The Balaban J connectivity index is 1.96. The molecular formula is C17H18Cl2FN3O. The molecule has 2 unspecified atom stereocenters. The summed E-state index contributed by atoms with van der Waals surface area (Å²) >= 11 is 12.0. The van der Waals surface area contributed by atoms with Crippen LogP contribution in [-0.2, 0) is 0 Å². The molecule has 0 aromatic heterocycles. The molecule has 0 saturated carbocycles. The molecule has 2 atom stereocenters. The van der Waals surface area contributed by atoms with E-state index < -0.39 is 6.10 Å². The van der Waals surface area contributed by atoms with Crippen LogP contribution in [0.1, 0.15) is 30.2 Å². The lowest BCUT2D eigenvalue weighted by Crippen LogP contribution is -2.34. The maximum absolute atomic E-state index is 12.9. The Hall–Kier alpha value is -1.82. The highest BCUT2D eigenvalue weighted by Gasteiger charge is 2.11. The van der Waals surface area contributed by atoms with E-state index in [4.69, 9.17) is 28.9 Å². The zero-order valence-electron chi connectivity index (χ0n) is 13.0. The van der Waals surface area contributed by atoms with Crippen molar-refractivity contribution in [3.05, 3.63) is 69.5 Å². The first kappa shape index (κ1) is 18.5. The third kappa shape index (κ3) is 5.09. The second-order valence-electron chi connectivity index (χ2n) is 5.33. The molecule has 0 aliphatic rings. The Kier molecular flexibility index (Phi) is 6.43. The first-order valence-electron chi connectivity index (χ1n) is 7.31. The predicted octanol–water partition coefficient (Wildman–Crippen LogP) is 3.83. The number of nitrogens with one attached hydrogen (secondary N) is 1. The van der Waals surface area contributed by atoms with Crippen molar-refractivity contribution in [1.82, 2.24) is 5.32 Å². The molecule has 7 heteroatoms. The Morgan fingerprint density at radius 3 is 2.54 bits per heavy atom. The van der Waals surface area contributed by atoms with E-state index in [1.165, 1.54) is 24.3 Å². The molecule has 0 radical (unpaired) electrons. The van der Waals surface area contributed by atoms with E-state index in [1.807, 2.05) is 13.0 Å². The van der Waals surface area contributed by atoms with Crippen molar-refractivity contribution in [2.75, 3.05) is 6.54 Å². The lowest BCUT2D eigenvalue weighted by Gasteiger charge is -2.17. The van der Waals surface area contributed by atoms with Gasteiger partial charge in [0.25, 0.3) is 0 Å². The third-order valence-corrected chi connectivity index (χ3v) is 4.05. The summed E-state index contributed by atoms with van der Waals surface area (Å²) in [7, 11) is 0. The number of nitrogens with two attached hydrogens (primary N) is 1. The molecule has 4 nitrogen and oxygen atoms in total. The van der Waals surface area contributed by atoms with Crippen LogP contribution < -0.4 is 11.1 Å². The van der Waals surface area contributed by atoms with Crippen molar-refractivity contribution < 1.29 is 9.50 Å². The molecule has 128 valence electrons. The van der Waals surface area contributed by atoms with E-state index in [0.717, 1.165) is 5.56 Å². The van der Waals surface area contributed by atoms with Gasteiger partial charge >= 0.3 is 0 Å². The third-order valence-electron chi connectivity index (χ3n) is 3.48. The molecule has 2 aromatic rings. The number of aliphatic hydroxyl groups is 1. The Labute approximate surface area is 150 Å². The summed E-state index contributed by atoms with van der Waals surface area (Å²) in [6.07, 6.45) is -0.861. The largest absolute Gasteiger partial charge is 0.386 e. The van der Waals surface area contributed by atoms with Gasteiger partial charge in [-0.2, -0.15) is 0 Å². The number of hydrogen-bond acceptors (Lipinski definition) is 2. The summed E-state index contributed by atoms with van der Waals surface area (Å²) in [5.74, 6) is -0.182. The van der Waals surface area contributed by atoms with E-state index in [2.05, 4.69) is 10.3 Å². The van der Waals surface area contributed by atoms with Gasteiger partial charge in [-0.15, -0.1) is 0 Å². The van der Waals surface area contributed by atoms with Crippen LogP contribution in [0.4, 0.5) is 4.39 Å². The molecule has 0 fully saturated rings. The fourth-order valence-corrected chi connectivity index (χ4v) is 2.75. The summed E-state index contributed by atoms with van der Waals surface area (Å²) in [4.78, 5) is 4.11. The van der Waals surface area contributed by atoms with Crippen LogP contribution in [0.25, 0.3) is 0 Å². The SMILES string of the molecule is CC(NC(N)=NCC(O)c1ccc(F)cc1)c1ccc(Cl)cc1Cl. The van der Waals surface area contributed by atoms with E-state index in [1.54, 1.807) is 12.1 Å². The van der Waals surface area contributed by atoms with Gasteiger partial charge in [0.1, 0.15) is 5.82 Å². The van der Waals surface area contributed by atoms with Crippen molar-refractivity contribution in [3.8, 4) is 0 Å². The molecule has 24 heavy (non-hydrogen) atoms. The number of hydrogen-bond donors (Lipinski definition) is 3. The summed E-state index contributed by atoms with van der Waals surface area (Å²) in [6, 6.07) is 10.6. The summed E-state index contributed by atoms with van der Waals surface area (Å²) in [6.45, 7) is 1.94. The lowest BCUT2D eigenvalue weighted by atomic mass is 10.1. The predicted molar refractivity (Wildman–Crippen MR) is 95.9 cm³/mol. The van der Waals surface area contributed by atoms with Gasteiger partial charge in [0, 0.05) is 10.0 Å². The number of guanidine groups is 1. The van der Waals surface area contributed by atoms with Gasteiger partial charge < -0.3 is 16.2 Å². The second-order valence-corrected chi connectivity index (χ2v) is 6.17. The van der Waals surface area contributed by atoms with Crippen molar-refractivity contribution in [2.45, 2.75) is 19.1 Å². The first-order valence-corrected chi connectivity index (χ1v) is 8.07. The topological polar surface area (TPSA) is 70.6 Å². The molecule has 4 N–H and O–H groups in total. The first-order chi connectivity index (χ1) is 11.4. The highest BCUT2D eigenvalue weighted by molar-refractivity contribution is 6.35. The molecule has 2 aromatic carbocycles. The van der Waals surface area contributed by atoms with Crippen LogP contribution in [0, 0.1) is 5.82 Å². The van der Waals surface area contributed by atoms with Crippen LogP contribution >= 0.6 is 23.2 Å². The molecule has 0 heterocycles. The summed E-state index contributed by atoms with van der Waals surface area (Å²) < 4.78 is 12.9. The van der Waals surface area contributed by atoms with Crippen LogP contribution in [0.15, 0.2) is 47.5 Å². The molecule has 2 rings (SSSR count). The number of nitrogens with zero attached hydrogens (tertiary/aromatic N) is 1. The number of aliphatic imine (C=N–C) groups is 1. The van der Waals surface area contributed by atoms with Gasteiger partial charge in [-0.05, 0) is 42.3 Å². The average molecular weight is 370 g/mol. The number of rotatable bonds is 5. The van der Waals surface area contributed by atoms with Crippen LogP contribution in [0.5, 0.6) is 0 Å². The molecule has 0 spiro atoms. The van der Waals surface area contributed by atoms with E-state index in [9.17, 15) is 9.50 Å². The molecule has 0 saturated heterocycles. The van der Waals surface area contributed by atoms with Gasteiger partial charge in [0.15, 0.2) is 5.96 Å². The highest BCUT2D eigenvalue weighted by atomic mass is 35.5. The minimum atomic E-state index is -0.861. The molecule has 0 amide bonds. The van der Waals surface area contributed by atoms with E-state index >= 15 is 0 Å². The fraction of sp³-hybridized carbons (Fsp3) is 0.235. The molecule has 0 aliphatic heterocycles. The molecule has 0 bridgehead atoms. The maximum Gasteiger partial charge on any atom is 0.189 e. The van der Waals surface area contributed by atoms with Crippen molar-refractivity contribution in [1.29, 1.82) is 0 Å². The fourth-order valence-electron chi connectivity index (χ4n) is 2.17. The van der Waals surface area contributed by atoms with E-state index in [0.29, 0.717) is 15.6 Å². The quantitative estimate of drug-likeness (QED) is 0.553. The van der Waals surface area contributed by atoms with Gasteiger partial charge in [0.05, 0.1) is 18.7 Å². The van der Waals surface area contributed by atoms with Gasteiger partial charge in [-0.3, -0.25) is 4.99 Å². The molecule has 0 aliphatic carbocycles. The minimum absolute atomic E-state index is 0.0610. The summed E-state index contributed by atoms with van der Waals surface area (Å²) in [5, 5.41) is 14.1. The highest BCUT2D eigenvalue weighted by Crippen LogP contribution is 2.25. The zero-order valence-corrected chi connectivity index (χ0v) is 14.5. The van der Waals surface area contributed by atoms with Crippen molar-refractivity contribution in [2.24, 2.45) is 10.7 Å². The smallest absolute Gasteiger partial charge is 0.189 e. The molecular weight excluding hydrogens is 352 g/mol. The van der Waals surface area contributed by atoms with Gasteiger partial charge in [0.2, 0.25) is 0 Å². The Morgan fingerprint density at radius 1 is 1.25 bits per heavy atom. The van der Waals surface area contributed by atoms with Crippen molar-refractivity contribution in [3.63, 3.8) is 0 Å². The Bertz CT molecular complexity index is 722. The van der Waals surface area contributed by atoms with Crippen LogP contribution in [0.2, 0.25) is 10.0 Å². The standard InChI is InChI=1S/C17H18Cl2FN3O/c1-10(14-7-4-12(18)8-15(14)19)23-17(21)22-9-16(24)11-2-5-13(20)6-3-11/h2-8,10,16,24H,9H2,1H3,(H3,21,22,23). The average Bonchev–Trinajstić information content (AvgIpc) is 2.53. The van der Waals surface area contributed by atoms with Crippen LogP contribution in [0.3, 0.4) is 0 Å². The lowest BCUT2D eigenvalue weighted by molar-refractivity contribution is 0.187. The van der Waals surface area contributed by atoms with Crippen molar-refractivity contribution >= 4 is 29.2 Å². The van der Waals surface area contributed by atoms with Gasteiger partial charge in [-0.25, -0.2) is 4.39 Å². The number of benzene rings is 2. The second kappa shape index (κ2) is 8.33. The normalized spacial score (nSPS) is 14.3. The minimum Gasteiger partial charge on any atom is -0.386 e. The van der Waals surface area contributed by atoms with E-state index in [-0.39, 0.29) is 24.4 Å². The monoisotopic (exact) mass is 369 g/mol. The number of halogens is 3. The van der Waals surface area contributed by atoms with Crippen LogP contribution in [-0.4, -0.2) is 17.6 Å². The maximum atomic E-state index is 12.9. The zero-order chi connectivity index (χ0) is 17.7.